The molecular weight excluding hydrogens is 402 g/mol. The quantitative estimate of drug-likeness (QED) is 0.405. The van der Waals surface area contributed by atoms with E-state index in [2.05, 4.69) is 15.5 Å². The van der Waals surface area contributed by atoms with Crippen LogP contribution in [0, 0.1) is 13.8 Å². The zero-order valence-electron chi connectivity index (χ0n) is 17.1. The first-order chi connectivity index (χ1) is 14.5. The van der Waals surface area contributed by atoms with Crippen molar-refractivity contribution in [3.8, 4) is 5.69 Å². The van der Waals surface area contributed by atoms with E-state index in [1.54, 1.807) is 23.7 Å². The molecule has 0 aliphatic heterocycles. The molecule has 0 saturated carbocycles. The Labute approximate surface area is 179 Å². The molecule has 1 aromatic heterocycles. The summed E-state index contributed by atoms with van der Waals surface area (Å²) >= 11 is 1.22. The van der Waals surface area contributed by atoms with Crippen molar-refractivity contribution in [2.45, 2.75) is 25.9 Å². The molecule has 8 nitrogen and oxygen atoms in total. The number of amides is 1. The van der Waals surface area contributed by atoms with Gasteiger partial charge in [0.25, 0.3) is 0 Å². The van der Waals surface area contributed by atoms with Gasteiger partial charge in [-0.1, -0.05) is 48.2 Å². The van der Waals surface area contributed by atoms with Gasteiger partial charge in [-0.2, -0.15) is 4.68 Å². The fraction of sp³-hybridized carbons (Fsp3) is 0.286. The normalized spacial score (nSPS) is 10.6. The third kappa shape index (κ3) is 5.04. The summed E-state index contributed by atoms with van der Waals surface area (Å²) in [5.74, 6) is -0.630. The number of benzene rings is 2. The highest BCUT2D eigenvalue weighted by Gasteiger charge is 2.22. The Kier molecular flexibility index (Phi) is 7.18. The number of nitrogens with zero attached hydrogens (tertiary/aromatic N) is 5. The molecule has 9 heteroatoms. The summed E-state index contributed by atoms with van der Waals surface area (Å²) in [6.07, 6.45) is 0. The number of ether oxygens (including phenoxy) is 1. The topological polar surface area (TPSA) is 90.2 Å². The van der Waals surface area contributed by atoms with Crippen LogP contribution in [-0.2, 0) is 14.3 Å². The van der Waals surface area contributed by atoms with E-state index >= 15 is 0 Å². The molecular formula is C21H23N5O3S. The molecule has 0 bridgehead atoms. The molecule has 0 atom stereocenters. The Balaban J connectivity index is 1.78. The van der Waals surface area contributed by atoms with Crippen LogP contribution in [-0.4, -0.2) is 51.0 Å². The number of tetrazole rings is 1. The lowest BCUT2D eigenvalue weighted by Crippen LogP contribution is -2.37. The second-order valence-corrected chi connectivity index (χ2v) is 7.47. The second-order valence-electron chi connectivity index (χ2n) is 6.52. The molecule has 0 spiro atoms. The fourth-order valence-corrected chi connectivity index (χ4v) is 3.77. The van der Waals surface area contributed by atoms with E-state index in [0.717, 1.165) is 16.8 Å². The maximum absolute atomic E-state index is 13.0. The summed E-state index contributed by atoms with van der Waals surface area (Å²) in [5, 5.41) is 12.5. The minimum atomic E-state index is -0.458. The molecule has 1 amide bonds. The lowest BCUT2D eigenvalue weighted by Gasteiger charge is -2.21. The van der Waals surface area contributed by atoms with E-state index in [-0.39, 0.29) is 24.8 Å². The SMILES string of the molecule is CCOC(=O)CN(C(=O)CSc1nnnn1-c1c(C)cccc1C)c1ccccc1. The Morgan fingerprint density at radius 3 is 2.43 bits per heavy atom. The first-order valence-corrected chi connectivity index (χ1v) is 10.5. The van der Waals surface area contributed by atoms with Gasteiger partial charge in [0.1, 0.15) is 6.54 Å². The molecule has 0 fully saturated rings. The number of para-hydroxylation sites is 2. The summed E-state index contributed by atoms with van der Waals surface area (Å²) in [7, 11) is 0. The molecule has 0 aliphatic carbocycles. The molecule has 0 saturated heterocycles. The van der Waals surface area contributed by atoms with E-state index < -0.39 is 5.97 Å². The van der Waals surface area contributed by atoms with Crippen LogP contribution in [0.2, 0.25) is 0 Å². The van der Waals surface area contributed by atoms with Gasteiger partial charge in [-0.15, -0.1) is 5.10 Å². The van der Waals surface area contributed by atoms with Crippen LogP contribution < -0.4 is 4.90 Å². The first kappa shape index (κ1) is 21.5. The van der Waals surface area contributed by atoms with Gasteiger partial charge in [-0.3, -0.25) is 9.59 Å². The number of rotatable bonds is 8. The van der Waals surface area contributed by atoms with Crippen molar-refractivity contribution in [1.29, 1.82) is 0 Å². The molecule has 3 rings (SSSR count). The van der Waals surface area contributed by atoms with E-state index in [9.17, 15) is 9.59 Å². The van der Waals surface area contributed by atoms with Crippen molar-refractivity contribution in [3.63, 3.8) is 0 Å². The maximum atomic E-state index is 13.0. The first-order valence-electron chi connectivity index (χ1n) is 9.50. The highest BCUT2D eigenvalue weighted by Crippen LogP contribution is 2.24. The maximum Gasteiger partial charge on any atom is 0.326 e. The Morgan fingerprint density at radius 1 is 1.07 bits per heavy atom. The second kappa shape index (κ2) is 10.0. The number of thioether (sulfide) groups is 1. The van der Waals surface area contributed by atoms with Gasteiger partial charge in [0, 0.05) is 5.69 Å². The van der Waals surface area contributed by atoms with E-state index in [1.165, 1.54) is 16.7 Å². The van der Waals surface area contributed by atoms with Gasteiger partial charge in [-0.05, 0) is 54.5 Å². The van der Waals surface area contributed by atoms with Gasteiger partial charge < -0.3 is 9.64 Å². The van der Waals surface area contributed by atoms with Crippen molar-refractivity contribution in [1.82, 2.24) is 20.2 Å². The van der Waals surface area contributed by atoms with Crippen molar-refractivity contribution in [3.05, 3.63) is 59.7 Å². The number of hydrogen-bond acceptors (Lipinski definition) is 7. The molecule has 30 heavy (non-hydrogen) atoms. The van der Waals surface area contributed by atoms with Gasteiger partial charge in [0.15, 0.2) is 0 Å². The van der Waals surface area contributed by atoms with E-state index in [1.807, 2.05) is 50.2 Å². The fourth-order valence-electron chi connectivity index (χ4n) is 3.02. The number of carbonyl (C=O) groups excluding carboxylic acids is 2. The summed E-state index contributed by atoms with van der Waals surface area (Å²) in [6.45, 7) is 5.81. The zero-order chi connectivity index (χ0) is 21.5. The number of carbonyl (C=O) groups is 2. The van der Waals surface area contributed by atoms with Crippen LogP contribution in [0.5, 0.6) is 0 Å². The van der Waals surface area contributed by atoms with Gasteiger partial charge >= 0.3 is 5.97 Å². The van der Waals surface area contributed by atoms with Crippen LogP contribution >= 0.6 is 11.8 Å². The number of aryl methyl sites for hydroxylation is 2. The largest absolute Gasteiger partial charge is 0.465 e. The minimum Gasteiger partial charge on any atom is -0.465 e. The summed E-state index contributed by atoms with van der Waals surface area (Å²) in [6, 6.07) is 15.0. The summed E-state index contributed by atoms with van der Waals surface area (Å²) in [4.78, 5) is 26.4. The Morgan fingerprint density at radius 2 is 1.77 bits per heavy atom. The van der Waals surface area contributed by atoms with Gasteiger partial charge in [0.2, 0.25) is 11.1 Å². The van der Waals surface area contributed by atoms with E-state index in [4.69, 9.17) is 4.74 Å². The molecule has 3 aromatic rings. The van der Waals surface area contributed by atoms with Crippen LogP contribution in [0.3, 0.4) is 0 Å². The lowest BCUT2D eigenvalue weighted by molar-refractivity contribution is -0.142. The standard InChI is InChI=1S/C21H23N5O3S/c1-4-29-19(28)13-25(17-11-6-5-7-12-17)18(27)14-30-21-22-23-24-26(21)20-15(2)9-8-10-16(20)3/h5-12H,4,13-14H2,1-3H3. The molecule has 2 aromatic carbocycles. The van der Waals surface area contributed by atoms with Crippen LogP contribution in [0.1, 0.15) is 18.1 Å². The van der Waals surface area contributed by atoms with Crippen LogP contribution in [0.4, 0.5) is 5.69 Å². The molecule has 0 radical (unpaired) electrons. The van der Waals surface area contributed by atoms with Crippen LogP contribution in [0.25, 0.3) is 5.69 Å². The molecule has 0 aliphatic rings. The smallest absolute Gasteiger partial charge is 0.326 e. The molecule has 1 heterocycles. The van der Waals surface area contributed by atoms with Crippen LogP contribution in [0.15, 0.2) is 53.7 Å². The van der Waals surface area contributed by atoms with Gasteiger partial charge in [0.05, 0.1) is 18.0 Å². The molecule has 0 N–H and O–H groups in total. The average Bonchev–Trinajstić information content (AvgIpc) is 3.19. The van der Waals surface area contributed by atoms with E-state index in [0.29, 0.717) is 10.8 Å². The van der Waals surface area contributed by atoms with Crippen molar-refractivity contribution < 1.29 is 14.3 Å². The monoisotopic (exact) mass is 425 g/mol. The Hall–Kier alpha value is -3.20. The number of hydrogen-bond donors (Lipinski definition) is 0. The molecule has 0 unspecified atom stereocenters. The highest BCUT2D eigenvalue weighted by atomic mass is 32.2. The number of esters is 1. The predicted octanol–water partition coefficient (Wildman–Crippen LogP) is 2.97. The van der Waals surface area contributed by atoms with Gasteiger partial charge in [-0.25, -0.2) is 0 Å². The van der Waals surface area contributed by atoms with Crippen molar-refractivity contribution >= 4 is 29.3 Å². The average molecular weight is 426 g/mol. The summed E-state index contributed by atoms with van der Waals surface area (Å²) < 4.78 is 6.66. The number of aromatic nitrogens is 4. The predicted molar refractivity (Wildman–Crippen MR) is 115 cm³/mol. The molecule has 156 valence electrons. The minimum absolute atomic E-state index is 0.0690. The highest BCUT2D eigenvalue weighted by molar-refractivity contribution is 7.99. The number of anilines is 1. The third-order valence-corrected chi connectivity index (χ3v) is 5.28. The zero-order valence-corrected chi connectivity index (χ0v) is 17.9. The van der Waals surface area contributed by atoms with Crippen molar-refractivity contribution in [2.24, 2.45) is 0 Å². The lowest BCUT2D eigenvalue weighted by atomic mass is 10.1. The van der Waals surface area contributed by atoms with Crippen molar-refractivity contribution in [2.75, 3.05) is 23.8 Å². The Bertz CT molecular complexity index is 1000. The summed E-state index contributed by atoms with van der Waals surface area (Å²) in [5.41, 5.74) is 3.58. The third-order valence-electron chi connectivity index (χ3n) is 4.38.